The molecule has 0 bridgehead atoms. The first-order valence-electron chi connectivity index (χ1n) is 8.21. The van der Waals surface area contributed by atoms with Crippen molar-refractivity contribution in [1.29, 1.82) is 0 Å². The maximum atomic E-state index is 12.7. The highest BCUT2D eigenvalue weighted by molar-refractivity contribution is 6.05. The minimum atomic E-state index is -0.237. The summed E-state index contributed by atoms with van der Waals surface area (Å²) < 4.78 is 6.66. The molecule has 0 atom stereocenters. The van der Waals surface area contributed by atoms with Gasteiger partial charge in [-0.3, -0.25) is 4.79 Å². The highest BCUT2D eigenvalue weighted by Crippen LogP contribution is 2.20. The average molecular weight is 361 g/mol. The van der Waals surface area contributed by atoms with Crippen molar-refractivity contribution in [1.82, 2.24) is 30.3 Å². The van der Waals surface area contributed by atoms with Crippen LogP contribution in [0.25, 0.3) is 5.69 Å². The number of carbonyl (C=O) groups excluding carboxylic acids is 1. The van der Waals surface area contributed by atoms with Crippen molar-refractivity contribution in [2.24, 2.45) is 0 Å². The lowest BCUT2D eigenvalue weighted by molar-refractivity contribution is 0.102. The van der Waals surface area contributed by atoms with Gasteiger partial charge in [-0.15, -0.1) is 5.10 Å². The van der Waals surface area contributed by atoms with Crippen LogP contribution < -0.4 is 5.32 Å². The molecular weight excluding hydrogens is 346 g/mol. The zero-order valence-corrected chi connectivity index (χ0v) is 14.4. The van der Waals surface area contributed by atoms with Gasteiger partial charge >= 0.3 is 0 Å². The number of carbonyl (C=O) groups is 1. The Hall–Kier alpha value is -3.88. The normalized spacial score (nSPS) is 10.7. The van der Waals surface area contributed by atoms with Crippen LogP contribution in [0, 0.1) is 6.92 Å². The van der Waals surface area contributed by atoms with Gasteiger partial charge in [-0.2, -0.15) is 4.98 Å². The van der Waals surface area contributed by atoms with E-state index in [4.69, 9.17) is 4.52 Å². The van der Waals surface area contributed by atoms with Gasteiger partial charge in [-0.1, -0.05) is 29.4 Å². The van der Waals surface area contributed by atoms with Crippen molar-refractivity contribution in [3.8, 4) is 5.69 Å². The summed E-state index contributed by atoms with van der Waals surface area (Å²) in [6.45, 7) is 1.76. The summed E-state index contributed by atoms with van der Waals surface area (Å²) >= 11 is 0. The molecular formula is C18H15N7O2. The lowest BCUT2D eigenvalue weighted by atomic mass is 10.1. The Bertz CT molecular complexity index is 1070. The van der Waals surface area contributed by atoms with Crippen molar-refractivity contribution >= 4 is 11.6 Å². The third-order valence-electron chi connectivity index (χ3n) is 3.90. The highest BCUT2D eigenvalue weighted by atomic mass is 16.5. The fraction of sp³-hybridized carbons (Fsp3) is 0.111. The van der Waals surface area contributed by atoms with E-state index < -0.39 is 0 Å². The molecule has 9 heteroatoms. The molecule has 1 N–H and O–H groups in total. The summed E-state index contributed by atoms with van der Waals surface area (Å²) in [7, 11) is 0. The quantitative estimate of drug-likeness (QED) is 0.580. The second-order valence-corrected chi connectivity index (χ2v) is 5.83. The Balaban J connectivity index is 1.56. The minimum absolute atomic E-state index is 0.237. The summed E-state index contributed by atoms with van der Waals surface area (Å²) in [5.41, 5.74) is 2.76. The van der Waals surface area contributed by atoms with Crippen LogP contribution in [-0.2, 0) is 6.42 Å². The number of tetrazole rings is 1. The maximum Gasteiger partial charge on any atom is 0.255 e. The smallest absolute Gasteiger partial charge is 0.255 e. The van der Waals surface area contributed by atoms with Crippen molar-refractivity contribution in [3.63, 3.8) is 0 Å². The number of amides is 1. The zero-order valence-electron chi connectivity index (χ0n) is 14.4. The first-order chi connectivity index (χ1) is 13.2. The SMILES string of the molecule is Cc1noc(Cc2ccccc2NC(=O)c2cccc(-n3cnnn3)c2)n1. The van der Waals surface area contributed by atoms with Gasteiger partial charge in [0, 0.05) is 11.3 Å². The van der Waals surface area contributed by atoms with Gasteiger partial charge in [0.15, 0.2) is 5.82 Å². The van der Waals surface area contributed by atoms with Crippen LogP contribution >= 0.6 is 0 Å². The number of aryl methyl sites for hydroxylation is 1. The Kier molecular flexibility index (Phi) is 4.40. The molecule has 9 nitrogen and oxygen atoms in total. The molecule has 0 fully saturated rings. The molecule has 0 radical (unpaired) electrons. The molecule has 0 aliphatic heterocycles. The number of rotatable bonds is 5. The molecule has 0 saturated carbocycles. The molecule has 0 aliphatic rings. The van der Waals surface area contributed by atoms with Crippen LogP contribution in [0.5, 0.6) is 0 Å². The van der Waals surface area contributed by atoms with Crippen LogP contribution in [0.1, 0.15) is 27.6 Å². The Morgan fingerprint density at radius 1 is 1.19 bits per heavy atom. The third-order valence-corrected chi connectivity index (χ3v) is 3.90. The van der Waals surface area contributed by atoms with Gasteiger partial charge in [0.25, 0.3) is 5.91 Å². The first-order valence-corrected chi connectivity index (χ1v) is 8.21. The van der Waals surface area contributed by atoms with Crippen LogP contribution in [0.4, 0.5) is 5.69 Å². The molecule has 134 valence electrons. The first kappa shape index (κ1) is 16.6. The number of nitrogens with one attached hydrogen (secondary N) is 1. The predicted molar refractivity (Wildman–Crippen MR) is 95.4 cm³/mol. The summed E-state index contributed by atoms with van der Waals surface area (Å²) in [6, 6.07) is 14.5. The van der Waals surface area contributed by atoms with Gasteiger partial charge < -0.3 is 9.84 Å². The van der Waals surface area contributed by atoms with Gasteiger partial charge in [0.1, 0.15) is 6.33 Å². The maximum absolute atomic E-state index is 12.7. The lowest BCUT2D eigenvalue weighted by Crippen LogP contribution is -2.14. The van der Waals surface area contributed by atoms with Crippen molar-refractivity contribution in [3.05, 3.63) is 77.7 Å². The topological polar surface area (TPSA) is 112 Å². The van der Waals surface area contributed by atoms with Crippen LogP contribution in [0.15, 0.2) is 59.4 Å². The van der Waals surface area contributed by atoms with Gasteiger partial charge in [-0.25, -0.2) is 4.68 Å². The van der Waals surface area contributed by atoms with E-state index in [-0.39, 0.29) is 5.91 Å². The monoisotopic (exact) mass is 361 g/mol. The van der Waals surface area contributed by atoms with E-state index in [1.165, 1.54) is 11.0 Å². The van der Waals surface area contributed by atoms with Crippen molar-refractivity contribution < 1.29 is 9.32 Å². The number of para-hydroxylation sites is 1. The number of nitrogens with zero attached hydrogens (tertiary/aromatic N) is 6. The van der Waals surface area contributed by atoms with Crippen LogP contribution in [-0.4, -0.2) is 36.3 Å². The Morgan fingerprint density at radius 3 is 2.85 bits per heavy atom. The van der Waals surface area contributed by atoms with Gasteiger partial charge in [0.2, 0.25) is 5.89 Å². The van der Waals surface area contributed by atoms with Gasteiger partial charge in [-0.05, 0) is 47.2 Å². The number of hydrogen-bond donors (Lipinski definition) is 1. The van der Waals surface area contributed by atoms with E-state index in [0.717, 1.165) is 5.56 Å². The third kappa shape index (κ3) is 3.71. The largest absolute Gasteiger partial charge is 0.339 e. The standard InChI is InChI=1S/C18H15N7O2/c1-12-20-17(27-22-12)10-13-5-2-3-8-16(13)21-18(26)14-6-4-7-15(9-14)25-11-19-23-24-25/h2-9,11H,10H2,1H3,(H,21,26). The molecule has 0 aliphatic carbocycles. The highest BCUT2D eigenvalue weighted by Gasteiger charge is 2.12. The van der Waals surface area contributed by atoms with E-state index in [1.54, 1.807) is 25.1 Å². The molecule has 0 unspecified atom stereocenters. The molecule has 0 spiro atoms. The second kappa shape index (κ2) is 7.16. The molecule has 2 aromatic carbocycles. The Morgan fingerprint density at radius 2 is 2.07 bits per heavy atom. The molecule has 2 heterocycles. The number of anilines is 1. The minimum Gasteiger partial charge on any atom is -0.339 e. The average Bonchev–Trinajstić information content (AvgIpc) is 3.35. The molecule has 4 rings (SSSR count). The molecule has 2 aromatic heterocycles. The molecule has 0 saturated heterocycles. The molecule has 1 amide bonds. The fourth-order valence-electron chi connectivity index (χ4n) is 2.63. The van der Waals surface area contributed by atoms with Crippen LogP contribution in [0.2, 0.25) is 0 Å². The van der Waals surface area contributed by atoms with E-state index in [9.17, 15) is 4.79 Å². The van der Waals surface area contributed by atoms with Gasteiger partial charge in [0.05, 0.1) is 12.1 Å². The van der Waals surface area contributed by atoms with E-state index >= 15 is 0 Å². The van der Waals surface area contributed by atoms with Crippen LogP contribution in [0.3, 0.4) is 0 Å². The summed E-state index contributed by atoms with van der Waals surface area (Å²) in [6.07, 6.45) is 1.90. The van der Waals surface area contributed by atoms with E-state index in [0.29, 0.717) is 35.1 Å². The second-order valence-electron chi connectivity index (χ2n) is 5.83. The number of aromatic nitrogens is 6. The molecule has 27 heavy (non-hydrogen) atoms. The summed E-state index contributed by atoms with van der Waals surface area (Å²) in [4.78, 5) is 16.9. The fourth-order valence-corrected chi connectivity index (χ4v) is 2.63. The molecule has 4 aromatic rings. The number of benzene rings is 2. The summed E-state index contributed by atoms with van der Waals surface area (Å²) in [5.74, 6) is 0.833. The zero-order chi connectivity index (χ0) is 18.6. The van der Waals surface area contributed by atoms with Crippen molar-refractivity contribution in [2.45, 2.75) is 13.3 Å². The van der Waals surface area contributed by atoms with E-state index in [1.807, 2.05) is 30.3 Å². The predicted octanol–water partition coefficient (Wildman–Crippen LogP) is 2.20. The number of hydrogen-bond acceptors (Lipinski definition) is 7. The van der Waals surface area contributed by atoms with E-state index in [2.05, 4.69) is 31.0 Å². The lowest BCUT2D eigenvalue weighted by Gasteiger charge is -2.10. The van der Waals surface area contributed by atoms with Crippen molar-refractivity contribution in [2.75, 3.05) is 5.32 Å². The Labute approximate surface area is 154 Å². The summed E-state index contributed by atoms with van der Waals surface area (Å²) in [5, 5.41) is 17.8.